The molecule has 0 radical (unpaired) electrons. The molecule has 0 fully saturated rings. The predicted molar refractivity (Wildman–Crippen MR) is 53.1 cm³/mol. The van der Waals surface area contributed by atoms with E-state index in [-0.39, 0.29) is 0 Å². The van der Waals surface area contributed by atoms with Gasteiger partial charge in [0.05, 0.1) is 6.07 Å². The summed E-state index contributed by atoms with van der Waals surface area (Å²) in [5, 5.41) is 8.61. The molecule has 1 heteroatoms. The van der Waals surface area contributed by atoms with Crippen LogP contribution in [0.15, 0.2) is 30.3 Å². The van der Waals surface area contributed by atoms with Crippen molar-refractivity contribution in [2.24, 2.45) is 0 Å². The van der Waals surface area contributed by atoms with Crippen molar-refractivity contribution in [1.29, 1.82) is 5.26 Å². The zero-order valence-corrected chi connectivity index (χ0v) is 7.62. The van der Waals surface area contributed by atoms with E-state index >= 15 is 0 Å². The van der Waals surface area contributed by atoms with Crippen molar-refractivity contribution in [3.05, 3.63) is 41.5 Å². The number of rotatable bonds is 0. The Labute approximate surface area is 78.3 Å². The highest BCUT2D eigenvalue weighted by atomic mass is 14.3. The molecule has 0 saturated heterocycles. The minimum atomic E-state index is 0.566. The monoisotopic (exact) mass is 169 g/mol. The summed E-state index contributed by atoms with van der Waals surface area (Å²) in [7, 11) is 0. The molecule has 1 aromatic rings. The first-order valence-corrected chi connectivity index (χ1v) is 4.51. The number of benzene rings is 1. The first kappa shape index (κ1) is 8.07. The second-order valence-corrected chi connectivity index (χ2v) is 3.49. The van der Waals surface area contributed by atoms with Crippen LogP contribution in [-0.2, 0) is 0 Å². The zero-order valence-electron chi connectivity index (χ0n) is 7.62. The Hall–Kier alpha value is -1.55. The van der Waals surface area contributed by atoms with E-state index in [0.29, 0.717) is 5.92 Å². The molecule has 1 aliphatic carbocycles. The third kappa shape index (κ3) is 1.25. The number of hydrogen-bond acceptors (Lipinski definition) is 1. The normalized spacial score (nSPS) is 22.8. The van der Waals surface area contributed by atoms with Crippen molar-refractivity contribution in [3.8, 4) is 6.07 Å². The van der Waals surface area contributed by atoms with Crippen LogP contribution in [0.2, 0.25) is 0 Å². The molecule has 1 aromatic carbocycles. The first-order chi connectivity index (χ1) is 6.33. The molecule has 0 bridgehead atoms. The minimum absolute atomic E-state index is 0.566. The van der Waals surface area contributed by atoms with E-state index in [1.807, 2.05) is 6.07 Å². The summed E-state index contributed by atoms with van der Waals surface area (Å²) < 4.78 is 0. The first-order valence-electron chi connectivity index (χ1n) is 4.51. The van der Waals surface area contributed by atoms with Crippen molar-refractivity contribution in [1.82, 2.24) is 0 Å². The van der Waals surface area contributed by atoms with Crippen molar-refractivity contribution in [2.45, 2.75) is 19.3 Å². The van der Waals surface area contributed by atoms with E-state index in [9.17, 15) is 0 Å². The maximum Gasteiger partial charge on any atom is 0.0915 e. The van der Waals surface area contributed by atoms with Crippen molar-refractivity contribution in [3.63, 3.8) is 0 Å². The van der Waals surface area contributed by atoms with Gasteiger partial charge in [-0.1, -0.05) is 31.2 Å². The van der Waals surface area contributed by atoms with E-state index in [1.54, 1.807) is 6.08 Å². The lowest BCUT2D eigenvalue weighted by Crippen LogP contribution is -1.83. The molecule has 0 aliphatic heterocycles. The fourth-order valence-electron chi connectivity index (χ4n) is 1.98. The standard InChI is InChI=1S/C12H11N/c1-9-8-10(6-7-13)12-5-3-2-4-11(9)12/h2-6,9H,8H2,1H3/b10-6-. The molecular formula is C12H11N. The quantitative estimate of drug-likeness (QED) is 0.547. The van der Waals surface area contributed by atoms with Crippen LogP contribution in [0.4, 0.5) is 0 Å². The van der Waals surface area contributed by atoms with Crippen LogP contribution in [-0.4, -0.2) is 0 Å². The Morgan fingerprint density at radius 3 is 3.00 bits per heavy atom. The molecule has 0 N–H and O–H groups in total. The van der Waals surface area contributed by atoms with Gasteiger partial charge in [-0.2, -0.15) is 5.26 Å². The van der Waals surface area contributed by atoms with Crippen molar-refractivity contribution in [2.75, 3.05) is 0 Å². The van der Waals surface area contributed by atoms with Crippen LogP contribution in [0, 0.1) is 11.3 Å². The fraction of sp³-hybridized carbons (Fsp3) is 0.250. The van der Waals surface area contributed by atoms with Crippen LogP contribution >= 0.6 is 0 Å². The lowest BCUT2D eigenvalue weighted by molar-refractivity contribution is 0.828. The average molecular weight is 169 g/mol. The maximum absolute atomic E-state index is 8.61. The van der Waals surface area contributed by atoms with Gasteiger partial charge >= 0.3 is 0 Å². The summed E-state index contributed by atoms with van der Waals surface area (Å²) >= 11 is 0. The maximum atomic E-state index is 8.61. The molecule has 1 unspecified atom stereocenters. The molecule has 0 saturated carbocycles. The highest BCUT2D eigenvalue weighted by Gasteiger charge is 2.21. The molecule has 1 aliphatic rings. The summed E-state index contributed by atoms with van der Waals surface area (Å²) in [6, 6.07) is 10.4. The van der Waals surface area contributed by atoms with Crippen LogP contribution in [0.25, 0.3) is 5.57 Å². The molecule has 0 spiro atoms. The fourth-order valence-corrected chi connectivity index (χ4v) is 1.98. The summed E-state index contributed by atoms with van der Waals surface area (Å²) in [6.45, 7) is 2.21. The molecule has 0 aromatic heterocycles. The summed E-state index contributed by atoms with van der Waals surface area (Å²) in [5.41, 5.74) is 3.83. The predicted octanol–water partition coefficient (Wildman–Crippen LogP) is 3.10. The Kier molecular flexibility index (Phi) is 1.90. The smallest absolute Gasteiger partial charge is 0.0915 e. The molecular weight excluding hydrogens is 158 g/mol. The molecule has 13 heavy (non-hydrogen) atoms. The highest BCUT2D eigenvalue weighted by Crippen LogP contribution is 2.40. The van der Waals surface area contributed by atoms with Crippen molar-refractivity contribution >= 4 is 5.57 Å². The van der Waals surface area contributed by atoms with Crippen LogP contribution in [0.5, 0.6) is 0 Å². The Bertz CT molecular complexity index is 396. The lowest BCUT2D eigenvalue weighted by atomic mass is 10.0. The van der Waals surface area contributed by atoms with Gasteiger partial charge in [-0.05, 0) is 29.0 Å². The van der Waals surface area contributed by atoms with Gasteiger partial charge in [0.1, 0.15) is 0 Å². The van der Waals surface area contributed by atoms with Crippen LogP contribution in [0.3, 0.4) is 0 Å². The largest absolute Gasteiger partial charge is 0.193 e. The van der Waals surface area contributed by atoms with Gasteiger partial charge in [-0.15, -0.1) is 0 Å². The number of nitriles is 1. The third-order valence-corrected chi connectivity index (χ3v) is 2.60. The van der Waals surface area contributed by atoms with Crippen molar-refractivity contribution < 1.29 is 0 Å². The topological polar surface area (TPSA) is 23.8 Å². The summed E-state index contributed by atoms with van der Waals surface area (Å²) in [6.07, 6.45) is 2.68. The van der Waals surface area contributed by atoms with E-state index in [1.165, 1.54) is 16.7 Å². The van der Waals surface area contributed by atoms with Crippen LogP contribution < -0.4 is 0 Å². The molecule has 1 nitrogen and oxygen atoms in total. The Balaban J connectivity index is 2.55. The molecule has 64 valence electrons. The second-order valence-electron chi connectivity index (χ2n) is 3.49. The summed E-state index contributed by atoms with van der Waals surface area (Å²) in [4.78, 5) is 0. The molecule has 1 atom stereocenters. The molecule has 0 amide bonds. The third-order valence-electron chi connectivity index (χ3n) is 2.60. The highest BCUT2D eigenvalue weighted by molar-refractivity contribution is 5.75. The van der Waals surface area contributed by atoms with Gasteiger partial charge in [-0.3, -0.25) is 0 Å². The number of fused-ring (bicyclic) bond motifs is 1. The van der Waals surface area contributed by atoms with E-state index in [2.05, 4.69) is 31.2 Å². The van der Waals surface area contributed by atoms with Crippen LogP contribution in [0.1, 0.15) is 30.4 Å². The lowest BCUT2D eigenvalue weighted by Gasteiger charge is -2.00. The number of allylic oxidation sites excluding steroid dienone is 2. The van der Waals surface area contributed by atoms with E-state index in [0.717, 1.165) is 6.42 Å². The summed E-state index contributed by atoms with van der Waals surface area (Å²) in [5.74, 6) is 0.566. The number of nitrogens with zero attached hydrogens (tertiary/aromatic N) is 1. The molecule has 2 rings (SSSR count). The minimum Gasteiger partial charge on any atom is -0.193 e. The van der Waals surface area contributed by atoms with E-state index < -0.39 is 0 Å². The van der Waals surface area contributed by atoms with Gasteiger partial charge in [0.25, 0.3) is 0 Å². The van der Waals surface area contributed by atoms with Gasteiger partial charge in [-0.25, -0.2) is 0 Å². The SMILES string of the molecule is CC1C/C(=C/C#N)c2ccccc21. The number of hydrogen-bond donors (Lipinski definition) is 0. The average Bonchev–Trinajstić information content (AvgIpc) is 2.46. The Morgan fingerprint density at radius 2 is 2.23 bits per heavy atom. The van der Waals surface area contributed by atoms with Gasteiger partial charge < -0.3 is 0 Å². The van der Waals surface area contributed by atoms with E-state index in [4.69, 9.17) is 5.26 Å². The van der Waals surface area contributed by atoms with Gasteiger partial charge in [0.2, 0.25) is 0 Å². The van der Waals surface area contributed by atoms with Gasteiger partial charge in [0.15, 0.2) is 0 Å². The zero-order chi connectivity index (χ0) is 9.26. The second kappa shape index (κ2) is 3.06. The Morgan fingerprint density at radius 1 is 1.46 bits per heavy atom. The molecule has 0 heterocycles. The van der Waals surface area contributed by atoms with Gasteiger partial charge in [0, 0.05) is 6.08 Å².